The van der Waals surface area contributed by atoms with E-state index in [4.69, 9.17) is 0 Å². The van der Waals surface area contributed by atoms with Gasteiger partial charge in [0.1, 0.15) is 0 Å². The molecule has 0 aliphatic heterocycles. The highest BCUT2D eigenvalue weighted by atomic mass is 32.1. The molecule has 21 heavy (non-hydrogen) atoms. The minimum absolute atomic E-state index is 0.169. The van der Waals surface area contributed by atoms with Crippen molar-refractivity contribution in [2.45, 2.75) is 25.4 Å². The molecule has 1 aromatic carbocycles. The van der Waals surface area contributed by atoms with Crippen molar-refractivity contribution in [2.24, 2.45) is 0 Å². The number of halogens is 2. The molecule has 0 N–H and O–H groups in total. The molecule has 2 aromatic rings. The number of rotatable bonds is 6. The van der Waals surface area contributed by atoms with E-state index < -0.39 is 11.6 Å². The SMILES string of the molecule is O=C(CN(Cc1cccs1)C1CC1)c1ccc(F)c(F)c1. The van der Waals surface area contributed by atoms with Crippen LogP contribution in [-0.4, -0.2) is 23.3 Å². The van der Waals surface area contributed by atoms with Gasteiger partial charge in [-0.2, -0.15) is 0 Å². The van der Waals surface area contributed by atoms with Crippen molar-refractivity contribution in [3.8, 4) is 0 Å². The maximum atomic E-state index is 13.2. The van der Waals surface area contributed by atoms with Crippen LogP contribution in [0.4, 0.5) is 8.78 Å². The van der Waals surface area contributed by atoms with Gasteiger partial charge in [0.15, 0.2) is 17.4 Å². The molecule has 0 radical (unpaired) electrons. The molecule has 2 nitrogen and oxygen atoms in total. The van der Waals surface area contributed by atoms with E-state index in [0.29, 0.717) is 6.04 Å². The molecule has 0 saturated heterocycles. The van der Waals surface area contributed by atoms with Crippen LogP contribution >= 0.6 is 11.3 Å². The third kappa shape index (κ3) is 3.54. The Kier molecular flexibility index (Phi) is 4.12. The van der Waals surface area contributed by atoms with Crippen LogP contribution < -0.4 is 0 Å². The summed E-state index contributed by atoms with van der Waals surface area (Å²) in [6.07, 6.45) is 2.19. The second-order valence-corrected chi connectivity index (χ2v) is 6.30. The molecule has 0 amide bonds. The van der Waals surface area contributed by atoms with E-state index in [1.807, 2.05) is 17.5 Å². The first-order chi connectivity index (χ1) is 10.1. The van der Waals surface area contributed by atoms with Gasteiger partial charge in [-0.25, -0.2) is 8.78 Å². The second-order valence-electron chi connectivity index (χ2n) is 5.27. The van der Waals surface area contributed by atoms with Crippen LogP contribution in [0.2, 0.25) is 0 Å². The van der Waals surface area contributed by atoms with Gasteiger partial charge in [0.2, 0.25) is 0 Å². The maximum Gasteiger partial charge on any atom is 0.176 e. The summed E-state index contributed by atoms with van der Waals surface area (Å²) in [7, 11) is 0. The van der Waals surface area contributed by atoms with E-state index >= 15 is 0 Å². The maximum absolute atomic E-state index is 13.2. The Bertz CT molecular complexity index is 638. The van der Waals surface area contributed by atoms with Crippen LogP contribution in [0.5, 0.6) is 0 Å². The van der Waals surface area contributed by atoms with E-state index in [-0.39, 0.29) is 17.9 Å². The lowest BCUT2D eigenvalue weighted by atomic mass is 10.1. The van der Waals surface area contributed by atoms with Gasteiger partial charge in [0.05, 0.1) is 6.54 Å². The number of carbonyl (C=O) groups excluding carboxylic acids is 1. The first-order valence-electron chi connectivity index (χ1n) is 6.88. The van der Waals surface area contributed by atoms with Crippen LogP contribution in [0.3, 0.4) is 0 Å². The number of ketones is 1. The van der Waals surface area contributed by atoms with Crippen LogP contribution in [0.15, 0.2) is 35.7 Å². The van der Waals surface area contributed by atoms with Gasteiger partial charge in [-0.3, -0.25) is 9.69 Å². The van der Waals surface area contributed by atoms with Gasteiger partial charge in [0, 0.05) is 23.0 Å². The molecule has 1 aromatic heterocycles. The standard InChI is InChI=1S/C16H15F2NOS/c17-14-6-3-11(8-15(14)18)16(20)10-19(12-4-5-12)9-13-2-1-7-21-13/h1-3,6-8,12H,4-5,9-10H2. The molecule has 0 atom stereocenters. The molecule has 1 fully saturated rings. The zero-order chi connectivity index (χ0) is 14.8. The molecule has 0 unspecified atom stereocenters. The monoisotopic (exact) mass is 307 g/mol. The lowest BCUT2D eigenvalue weighted by Crippen LogP contribution is -2.31. The van der Waals surface area contributed by atoms with E-state index in [2.05, 4.69) is 4.90 Å². The fourth-order valence-electron chi connectivity index (χ4n) is 2.30. The minimum atomic E-state index is -0.975. The van der Waals surface area contributed by atoms with Gasteiger partial charge in [-0.05, 0) is 42.5 Å². The second kappa shape index (κ2) is 6.03. The third-order valence-electron chi connectivity index (χ3n) is 3.59. The number of nitrogens with zero attached hydrogens (tertiary/aromatic N) is 1. The number of benzene rings is 1. The molecule has 1 saturated carbocycles. The zero-order valence-corrected chi connectivity index (χ0v) is 12.2. The van der Waals surface area contributed by atoms with Gasteiger partial charge in [0.25, 0.3) is 0 Å². The van der Waals surface area contributed by atoms with Crippen LogP contribution in [-0.2, 0) is 6.54 Å². The van der Waals surface area contributed by atoms with E-state index in [0.717, 1.165) is 31.5 Å². The summed E-state index contributed by atoms with van der Waals surface area (Å²) in [6, 6.07) is 7.79. The summed E-state index contributed by atoms with van der Waals surface area (Å²) < 4.78 is 26.1. The Hall–Kier alpha value is -1.59. The van der Waals surface area contributed by atoms with E-state index in [9.17, 15) is 13.6 Å². The molecule has 1 aliphatic carbocycles. The highest BCUT2D eigenvalue weighted by Crippen LogP contribution is 2.29. The van der Waals surface area contributed by atoms with Gasteiger partial charge in [-0.15, -0.1) is 11.3 Å². The first-order valence-corrected chi connectivity index (χ1v) is 7.76. The third-order valence-corrected chi connectivity index (χ3v) is 4.45. The van der Waals surface area contributed by atoms with E-state index in [1.165, 1.54) is 10.9 Å². The van der Waals surface area contributed by atoms with Crippen molar-refractivity contribution in [1.29, 1.82) is 0 Å². The van der Waals surface area contributed by atoms with Crippen molar-refractivity contribution >= 4 is 17.1 Å². The summed E-state index contributed by atoms with van der Waals surface area (Å²) in [5, 5.41) is 2.01. The van der Waals surface area contributed by atoms with Gasteiger partial charge in [-0.1, -0.05) is 6.07 Å². The number of carbonyl (C=O) groups is 1. The Morgan fingerprint density at radius 3 is 2.67 bits per heavy atom. The smallest absolute Gasteiger partial charge is 0.176 e. The molecule has 3 rings (SSSR count). The molecule has 1 heterocycles. The predicted molar refractivity (Wildman–Crippen MR) is 78.4 cm³/mol. The lowest BCUT2D eigenvalue weighted by molar-refractivity contribution is 0.0919. The van der Waals surface area contributed by atoms with Crippen molar-refractivity contribution in [3.63, 3.8) is 0 Å². The number of hydrogen-bond donors (Lipinski definition) is 0. The zero-order valence-electron chi connectivity index (χ0n) is 11.4. The van der Waals surface area contributed by atoms with Crippen molar-refractivity contribution in [2.75, 3.05) is 6.54 Å². The van der Waals surface area contributed by atoms with Gasteiger partial charge < -0.3 is 0 Å². The molecule has 110 valence electrons. The molecular formula is C16H15F2NOS. The Balaban J connectivity index is 1.70. The Morgan fingerprint density at radius 2 is 2.05 bits per heavy atom. The molecule has 0 bridgehead atoms. The number of Topliss-reactive ketones (excluding diaryl/α,β-unsaturated/α-hetero) is 1. The lowest BCUT2D eigenvalue weighted by Gasteiger charge is -2.20. The Morgan fingerprint density at radius 1 is 1.24 bits per heavy atom. The quantitative estimate of drug-likeness (QED) is 0.755. The molecular weight excluding hydrogens is 292 g/mol. The fraction of sp³-hybridized carbons (Fsp3) is 0.312. The topological polar surface area (TPSA) is 20.3 Å². The molecule has 1 aliphatic rings. The van der Waals surface area contributed by atoms with Crippen molar-refractivity contribution in [3.05, 3.63) is 57.8 Å². The fourth-order valence-corrected chi connectivity index (χ4v) is 3.03. The van der Waals surface area contributed by atoms with Crippen LogP contribution in [0, 0.1) is 11.6 Å². The number of thiophene rings is 1. The largest absolute Gasteiger partial charge is 0.293 e. The summed E-state index contributed by atoms with van der Waals surface area (Å²) in [6.45, 7) is 0.978. The summed E-state index contributed by atoms with van der Waals surface area (Å²) in [4.78, 5) is 15.6. The molecule has 0 spiro atoms. The summed E-state index contributed by atoms with van der Waals surface area (Å²) >= 11 is 1.66. The van der Waals surface area contributed by atoms with Crippen LogP contribution in [0.25, 0.3) is 0 Å². The van der Waals surface area contributed by atoms with Crippen LogP contribution in [0.1, 0.15) is 28.1 Å². The summed E-state index contributed by atoms with van der Waals surface area (Å²) in [5.41, 5.74) is 0.228. The Labute approximate surface area is 126 Å². The predicted octanol–water partition coefficient (Wildman–Crippen LogP) is 3.87. The first kappa shape index (κ1) is 14.4. The summed E-state index contributed by atoms with van der Waals surface area (Å²) in [5.74, 6) is -2.07. The average Bonchev–Trinajstić information content (AvgIpc) is 3.19. The van der Waals surface area contributed by atoms with Gasteiger partial charge >= 0.3 is 0 Å². The average molecular weight is 307 g/mol. The highest BCUT2D eigenvalue weighted by molar-refractivity contribution is 7.09. The number of hydrogen-bond acceptors (Lipinski definition) is 3. The van der Waals surface area contributed by atoms with Crippen molar-refractivity contribution in [1.82, 2.24) is 4.90 Å². The molecule has 5 heteroatoms. The van der Waals surface area contributed by atoms with Crippen molar-refractivity contribution < 1.29 is 13.6 Å². The normalized spacial score (nSPS) is 14.6. The highest BCUT2D eigenvalue weighted by Gasteiger charge is 2.30. The minimum Gasteiger partial charge on any atom is -0.293 e. The van der Waals surface area contributed by atoms with E-state index in [1.54, 1.807) is 11.3 Å².